The van der Waals surface area contributed by atoms with Crippen LogP contribution in [0.5, 0.6) is 0 Å². The summed E-state index contributed by atoms with van der Waals surface area (Å²) < 4.78 is 0.587. The maximum absolute atomic E-state index is 12.7. The first-order chi connectivity index (χ1) is 14.5. The zero-order valence-corrected chi connectivity index (χ0v) is 18.8. The van der Waals surface area contributed by atoms with Crippen molar-refractivity contribution in [3.63, 3.8) is 0 Å². The van der Waals surface area contributed by atoms with Gasteiger partial charge in [0.15, 0.2) is 0 Å². The van der Waals surface area contributed by atoms with E-state index < -0.39 is 0 Å². The van der Waals surface area contributed by atoms with Crippen molar-refractivity contribution in [2.45, 2.75) is 56.9 Å². The summed E-state index contributed by atoms with van der Waals surface area (Å²) in [4.78, 5) is 27.8. The lowest BCUT2D eigenvalue weighted by Gasteiger charge is -2.56. The first kappa shape index (κ1) is 20.3. The van der Waals surface area contributed by atoms with Crippen LogP contribution in [0.25, 0.3) is 6.08 Å². The molecule has 30 heavy (non-hydrogen) atoms. The molecule has 2 amide bonds. The van der Waals surface area contributed by atoms with Crippen molar-refractivity contribution >= 4 is 46.2 Å². The molecule has 1 N–H and O–H groups in total. The van der Waals surface area contributed by atoms with E-state index in [2.05, 4.69) is 5.32 Å². The highest BCUT2D eigenvalue weighted by atomic mass is 32.2. The third-order valence-electron chi connectivity index (χ3n) is 7.20. The minimum Gasteiger partial charge on any atom is -0.351 e. The van der Waals surface area contributed by atoms with Gasteiger partial charge in [-0.15, -0.1) is 0 Å². The smallest absolute Gasteiger partial charge is 0.266 e. The molecule has 1 aromatic rings. The highest BCUT2D eigenvalue weighted by Gasteiger charge is 2.51. The number of hydrogen-bond donors (Lipinski definition) is 1. The van der Waals surface area contributed by atoms with Crippen LogP contribution in [0.2, 0.25) is 0 Å². The molecule has 6 rings (SSSR count). The standard InChI is InChI=1S/C24H28N2O2S2/c27-21(25-24-13-17-9-18(14-24)11-19(10-17)15-24)7-4-8-26-22(28)20(30-23(26)29)12-16-5-2-1-3-6-16/h1-3,5-6,12,17-19H,4,7-11,13-15H2,(H,25,27)/b20-12-. The second-order valence-corrected chi connectivity index (χ2v) is 11.3. The molecular weight excluding hydrogens is 412 g/mol. The van der Waals surface area contributed by atoms with E-state index in [1.165, 1.54) is 50.3 Å². The fourth-order valence-electron chi connectivity index (χ4n) is 6.41. The Hall–Kier alpha value is -1.66. The number of rotatable bonds is 6. The van der Waals surface area contributed by atoms with Crippen molar-refractivity contribution in [3.05, 3.63) is 40.8 Å². The molecule has 1 saturated heterocycles. The summed E-state index contributed by atoms with van der Waals surface area (Å²) in [6.45, 7) is 0.505. The van der Waals surface area contributed by atoms with E-state index in [0.29, 0.717) is 28.6 Å². The predicted octanol–water partition coefficient (Wildman–Crippen LogP) is 4.75. The summed E-state index contributed by atoms with van der Waals surface area (Å²) in [5.41, 5.74) is 1.06. The third kappa shape index (κ3) is 4.09. The summed E-state index contributed by atoms with van der Waals surface area (Å²) in [7, 11) is 0. The van der Waals surface area contributed by atoms with E-state index in [9.17, 15) is 9.59 Å². The molecule has 158 valence electrons. The molecule has 0 atom stereocenters. The zero-order valence-electron chi connectivity index (χ0n) is 17.1. The van der Waals surface area contributed by atoms with Gasteiger partial charge in [0.1, 0.15) is 4.32 Å². The Morgan fingerprint density at radius 1 is 1.13 bits per heavy atom. The van der Waals surface area contributed by atoms with Gasteiger partial charge in [-0.25, -0.2) is 0 Å². The molecule has 4 aliphatic carbocycles. The minimum absolute atomic E-state index is 0.0460. The summed E-state index contributed by atoms with van der Waals surface area (Å²) in [6, 6.07) is 9.81. The molecule has 1 aliphatic heterocycles. The van der Waals surface area contributed by atoms with Crippen LogP contribution in [0.4, 0.5) is 0 Å². The van der Waals surface area contributed by atoms with Crippen LogP contribution in [0.15, 0.2) is 35.2 Å². The number of thiocarbonyl (C=S) groups is 1. The van der Waals surface area contributed by atoms with Gasteiger partial charge in [0.2, 0.25) is 5.91 Å². The molecule has 4 nitrogen and oxygen atoms in total. The largest absolute Gasteiger partial charge is 0.351 e. The Labute approximate surface area is 187 Å². The summed E-state index contributed by atoms with van der Waals surface area (Å²) in [5, 5.41) is 3.42. The molecule has 1 aromatic carbocycles. The van der Waals surface area contributed by atoms with Crippen molar-refractivity contribution in [2.75, 3.05) is 6.54 Å². The Balaban J connectivity index is 1.13. The molecule has 5 fully saturated rings. The van der Waals surface area contributed by atoms with E-state index in [4.69, 9.17) is 12.2 Å². The topological polar surface area (TPSA) is 49.4 Å². The number of benzene rings is 1. The normalized spacial score (nSPS) is 33.5. The third-order valence-corrected chi connectivity index (χ3v) is 8.58. The summed E-state index contributed by atoms with van der Waals surface area (Å²) in [5.74, 6) is 2.56. The quantitative estimate of drug-likeness (QED) is 0.512. The molecule has 6 heteroatoms. The molecule has 0 spiro atoms. The van der Waals surface area contributed by atoms with Gasteiger partial charge < -0.3 is 5.32 Å². The average molecular weight is 441 g/mol. The minimum atomic E-state index is -0.0460. The molecule has 1 heterocycles. The van der Waals surface area contributed by atoms with Crippen LogP contribution in [0.3, 0.4) is 0 Å². The van der Waals surface area contributed by atoms with Gasteiger partial charge in [-0.1, -0.05) is 54.3 Å². The number of carbonyl (C=O) groups excluding carboxylic acids is 2. The van der Waals surface area contributed by atoms with Crippen molar-refractivity contribution in [3.8, 4) is 0 Å². The fourth-order valence-corrected chi connectivity index (χ4v) is 7.72. The number of nitrogens with zero attached hydrogens (tertiary/aromatic N) is 1. The van der Waals surface area contributed by atoms with Gasteiger partial charge in [-0.2, -0.15) is 0 Å². The highest BCUT2D eigenvalue weighted by Crippen LogP contribution is 2.55. The van der Waals surface area contributed by atoms with E-state index in [0.717, 1.165) is 23.3 Å². The van der Waals surface area contributed by atoms with Crippen molar-refractivity contribution < 1.29 is 9.59 Å². The van der Waals surface area contributed by atoms with Gasteiger partial charge in [-0.3, -0.25) is 14.5 Å². The summed E-state index contributed by atoms with van der Waals surface area (Å²) in [6.07, 6.45) is 10.6. The van der Waals surface area contributed by atoms with E-state index in [1.54, 1.807) is 4.90 Å². The lowest BCUT2D eigenvalue weighted by Crippen LogP contribution is -2.59. The second-order valence-electron chi connectivity index (χ2n) is 9.59. The van der Waals surface area contributed by atoms with Crippen molar-refractivity contribution in [1.82, 2.24) is 10.2 Å². The maximum Gasteiger partial charge on any atom is 0.266 e. The Morgan fingerprint density at radius 3 is 2.40 bits per heavy atom. The van der Waals surface area contributed by atoms with Gasteiger partial charge in [-0.05, 0) is 74.3 Å². The van der Waals surface area contributed by atoms with E-state index >= 15 is 0 Å². The van der Waals surface area contributed by atoms with Crippen molar-refractivity contribution in [2.24, 2.45) is 17.8 Å². The first-order valence-electron chi connectivity index (χ1n) is 11.1. The number of nitrogens with one attached hydrogen (secondary N) is 1. The lowest BCUT2D eigenvalue weighted by molar-refractivity contribution is -0.127. The highest BCUT2D eigenvalue weighted by molar-refractivity contribution is 8.26. The van der Waals surface area contributed by atoms with Crippen LogP contribution in [0, 0.1) is 17.8 Å². The monoisotopic (exact) mass is 440 g/mol. The SMILES string of the molecule is O=C(CCCN1C(=O)/C(=C/c2ccccc2)SC1=S)NC12CC3CC(CC(C3)C1)C2. The Kier molecular flexibility index (Phi) is 5.48. The molecular formula is C24H28N2O2S2. The predicted molar refractivity (Wildman–Crippen MR) is 125 cm³/mol. The zero-order chi connectivity index (χ0) is 20.7. The van der Waals surface area contributed by atoms with Gasteiger partial charge >= 0.3 is 0 Å². The van der Waals surface area contributed by atoms with Crippen LogP contribution in [-0.4, -0.2) is 33.1 Å². The Bertz CT molecular complexity index is 860. The average Bonchev–Trinajstić information content (AvgIpc) is 2.94. The van der Waals surface area contributed by atoms with E-state index in [-0.39, 0.29) is 17.4 Å². The fraction of sp³-hybridized carbons (Fsp3) is 0.542. The number of carbonyl (C=O) groups is 2. The number of amides is 2. The van der Waals surface area contributed by atoms with Crippen LogP contribution in [-0.2, 0) is 9.59 Å². The van der Waals surface area contributed by atoms with Crippen molar-refractivity contribution in [1.29, 1.82) is 0 Å². The second kappa shape index (κ2) is 8.12. The Morgan fingerprint density at radius 2 is 1.77 bits per heavy atom. The molecule has 4 saturated carbocycles. The van der Waals surface area contributed by atoms with Gasteiger partial charge in [0.25, 0.3) is 5.91 Å². The number of hydrogen-bond acceptors (Lipinski definition) is 4. The molecule has 0 aromatic heterocycles. The number of thioether (sulfide) groups is 1. The van der Waals surface area contributed by atoms with Gasteiger partial charge in [0, 0.05) is 18.5 Å². The molecule has 0 radical (unpaired) electrons. The molecule has 5 aliphatic rings. The molecule has 4 bridgehead atoms. The summed E-state index contributed by atoms with van der Waals surface area (Å²) >= 11 is 6.77. The van der Waals surface area contributed by atoms with Gasteiger partial charge in [0.05, 0.1) is 4.91 Å². The maximum atomic E-state index is 12.7. The van der Waals surface area contributed by atoms with Crippen LogP contribution >= 0.6 is 24.0 Å². The van der Waals surface area contributed by atoms with Crippen LogP contribution in [0.1, 0.15) is 56.9 Å². The lowest BCUT2D eigenvalue weighted by atomic mass is 9.53. The van der Waals surface area contributed by atoms with E-state index in [1.807, 2.05) is 36.4 Å². The van der Waals surface area contributed by atoms with Crippen LogP contribution < -0.4 is 5.32 Å². The molecule has 0 unspecified atom stereocenters. The first-order valence-corrected chi connectivity index (χ1v) is 12.3.